The Bertz CT molecular complexity index is 1570. The largest absolute Gasteiger partial charge is 0.462 e. The Morgan fingerprint density at radius 3 is 1.03 bits per heavy atom. The molecule has 6 nitrogen and oxygen atoms in total. The van der Waals surface area contributed by atoms with Gasteiger partial charge < -0.3 is 14.2 Å². The van der Waals surface area contributed by atoms with Crippen molar-refractivity contribution in [1.82, 2.24) is 0 Å². The second-order valence-electron chi connectivity index (χ2n) is 16.5. The van der Waals surface area contributed by atoms with E-state index in [1.807, 2.05) is 97.2 Å². The molecule has 0 radical (unpaired) electrons. The van der Waals surface area contributed by atoms with Crippen molar-refractivity contribution in [2.75, 3.05) is 13.2 Å². The Hall–Kier alpha value is -4.97. The molecule has 0 heterocycles. The molecule has 0 saturated heterocycles. The highest BCUT2D eigenvalue weighted by Crippen LogP contribution is 2.13. The molecular weight excluding hydrogens is 829 g/mol. The Morgan fingerprint density at radius 1 is 0.313 bits per heavy atom. The van der Waals surface area contributed by atoms with E-state index in [0.717, 1.165) is 103 Å². The minimum Gasteiger partial charge on any atom is -0.462 e. The molecule has 0 aliphatic carbocycles. The van der Waals surface area contributed by atoms with Gasteiger partial charge in [0.05, 0.1) is 0 Å². The van der Waals surface area contributed by atoms with Gasteiger partial charge in [-0.15, -0.1) is 0 Å². The van der Waals surface area contributed by atoms with Crippen molar-refractivity contribution >= 4 is 17.9 Å². The van der Waals surface area contributed by atoms with Gasteiger partial charge in [0.25, 0.3) is 0 Å². The third-order valence-corrected chi connectivity index (χ3v) is 10.3. The normalized spacial score (nSPS) is 13.4. The van der Waals surface area contributed by atoms with Crippen LogP contribution in [0.2, 0.25) is 0 Å². The summed E-state index contributed by atoms with van der Waals surface area (Å²) in [5.41, 5.74) is 0. The lowest BCUT2D eigenvalue weighted by molar-refractivity contribution is -0.167. The maximum Gasteiger partial charge on any atom is 0.306 e. The third-order valence-electron chi connectivity index (χ3n) is 10.3. The van der Waals surface area contributed by atoms with Crippen LogP contribution in [0.25, 0.3) is 0 Å². The SMILES string of the molecule is CC\C=C/C=C\C=C/C=C\C=C/CCCCCC(=O)OCC(COC(=O)CCCCCCCCCCC/C=C\C/C=C\C/C=C\CC)OC(=O)CCCCC\C=C/C=C\C=C/C=C\C=C/CC. The first kappa shape index (κ1) is 62.0. The zero-order chi connectivity index (χ0) is 48.6. The Kier molecular flexibility index (Phi) is 49.7. The van der Waals surface area contributed by atoms with Crippen LogP contribution in [0.3, 0.4) is 0 Å². The van der Waals surface area contributed by atoms with Gasteiger partial charge in [0, 0.05) is 19.3 Å². The van der Waals surface area contributed by atoms with Gasteiger partial charge in [-0.3, -0.25) is 14.4 Å². The van der Waals surface area contributed by atoms with Crippen molar-refractivity contribution in [2.24, 2.45) is 0 Å². The first-order chi connectivity index (χ1) is 33.0. The van der Waals surface area contributed by atoms with Gasteiger partial charge in [-0.2, -0.15) is 0 Å². The number of hydrogen-bond acceptors (Lipinski definition) is 6. The lowest BCUT2D eigenvalue weighted by Crippen LogP contribution is -2.30. The summed E-state index contributed by atoms with van der Waals surface area (Å²) in [6.07, 6.45) is 77.9. The first-order valence-electron chi connectivity index (χ1n) is 26.1. The van der Waals surface area contributed by atoms with Crippen LogP contribution in [0.1, 0.15) is 188 Å². The van der Waals surface area contributed by atoms with E-state index in [9.17, 15) is 14.4 Å². The van der Waals surface area contributed by atoms with Crippen LogP contribution in [0.15, 0.2) is 158 Å². The van der Waals surface area contributed by atoms with Gasteiger partial charge in [0.1, 0.15) is 13.2 Å². The minimum absolute atomic E-state index is 0.120. The van der Waals surface area contributed by atoms with Crippen LogP contribution in [0, 0.1) is 0 Å². The molecule has 0 aromatic carbocycles. The molecule has 0 aliphatic heterocycles. The van der Waals surface area contributed by atoms with Crippen molar-refractivity contribution in [3.8, 4) is 0 Å². The molecule has 372 valence electrons. The van der Waals surface area contributed by atoms with Crippen molar-refractivity contribution in [1.29, 1.82) is 0 Å². The molecule has 1 atom stereocenters. The molecule has 67 heavy (non-hydrogen) atoms. The minimum atomic E-state index is -0.828. The molecule has 0 aromatic rings. The van der Waals surface area contributed by atoms with Crippen molar-refractivity contribution in [3.63, 3.8) is 0 Å². The second-order valence-corrected chi connectivity index (χ2v) is 16.5. The van der Waals surface area contributed by atoms with Gasteiger partial charge in [-0.1, -0.05) is 237 Å². The standard InChI is InChI=1S/C61H92O6/c1-4-7-10-13-16-19-22-25-28-29-30-31-34-36-39-42-45-48-51-54-60(63)66-57-58(67-61(64)55-52-49-46-43-40-37-33-27-24-21-18-15-12-9-6-3)56-65-59(62)53-50-47-44-41-38-35-32-26-23-20-17-14-11-8-5-2/h7-12,14-21,23-28,32-33,35,37-38,40,58H,4-6,13,22,29-31,34,36,39,41-57H2,1-3H3/b10-7-,11-8-,12-9-,17-14-,18-15-,19-16-,23-20-,24-21-,28-25-,32-26-,33-27-,38-35-,40-37-. The van der Waals surface area contributed by atoms with E-state index in [1.54, 1.807) is 0 Å². The van der Waals surface area contributed by atoms with Gasteiger partial charge in [0.15, 0.2) is 6.10 Å². The summed E-state index contributed by atoms with van der Waals surface area (Å²) in [5, 5.41) is 0. The number of esters is 3. The van der Waals surface area contributed by atoms with Crippen molar-refractivity contribution in [2.45, 2.75) is 194 Å². The quantitative estimate of drug-likeness (QED) is 0.0199. The lowest BCUT2D eigenvalue weighted by Gasteiger charge is -2.18. The molecule has 0 saturated carbocycles. The number of allylic oxidation sites excluding steroid dienone is 26. The summed E-state index contributed by atoms with van der Waals surface area (Å²) in [4.78, 5) is 38.0. The average Bonchev–Trinajstić information content (AvgIpc) is 3.33. The van der Waals surface area contributed by atoms with E-state index in [1.165, 1.54) is 38.5 Å². The molecule has 0 fully saturated rings. The summed E-state index contributed by atoms with van der Waals surface area (Å²) in [5.74, 6) is -1.02. The highest BCUT2D eigenvalue weighted by atomic mass is 16.6. The number of carbonyl (C=O) groups excluding carboxylic acids is 3. The third kappa shape index (κ3) is 51.9. The van der Waals surface area contributed by atoms with E-state index in [-0.39, 0.29) is 37.5 Å². The summed E-state index contributed by atoms with van der Waals surface area (Å²) in [7, 11) is 0. The fourth-order valence-corrected chi connectivity index (χ4v) is 6.44. The molecule has 0 spiro atoms. The molecular formula is C61H92O6. The topological polar surface area (TPSA) is 78.9 Å². The molecule has 1 unspecified atom stereocenters. The number of rotatable bonds is 44. The Labute approximate surface area is 409 Å². The van der Waals surface area contributed by atoms with E-state index < -0.39 is 6.10 Å². The van der Waals surface area contributed by atoms with Gasteiger partial charge >= 0.3 is 17.9 Å². The highest BCUT2D eigenvalue weighted by molar-refractivity contribution is 5.71. The summed E-state index contributed by atoms with van der Waals surface area (Å²) in [6, 6.07) is 0. The predicted molar refractivity (Wildman–Crippen MR) is 288 cm³/mol. The molecule has 0 aromatic heterocycles. The van der Waals surface area contributed by atoms with Crippen LogP contribution in [0.5, 0.6) is 0 Å². The van der Waals surface area contributed by atoms with Crippen LogP contribution in [0.4, 0.5) is 0 Å². The molecule has 0 N–H and O–H groups in total. The monoisotopic (exact) mass is 921 g/mol. The zero-order valence-corrected chi connectivity index (χ0v) is 42.3. The summed E-state index contributed by atoms with van der Waals surface area (Å²) >= 11 is 0. The molecule has 6 heteroatoms. The van der Waals surface area contributed by atoms with Crippen LogP contribution >= 0.6 is 0 Å². The maximum absolute atomic E-state index is 12.8. The van der Waals surface area contributed by atoms with Gasteiger partial charge in [-0.25, -0.2) is 0 Å². The van der Waals surface area contributed by atoms with Crippen LogP contribution in [-0.4, -0.2) is 37.2 Å². The lowest BCUT2D eigenvalue weighted by atomic mass is 10.1. The fraction of sp³-hybridized carbons (Fsp3) is 0.525. The predicted octanol–water partition coefficient (Wildman–Crippen LogP) is 17.4. The summed E-state index contributed by atoms with van der Waals surface area (Å²) in [6.45, 7) is 6.14. The van der Waals surface area contributed by atoms with Crippen molar-refractivity contribution < 1.29 is 28.6 Å². The van der Waals surface area contributed by atoms with E-state index in [4.69, 9.17) is 14.2 Å². The average molecular weight is 921 g/mol. The van der Waals surface area contributed by atoms with Crippen LogP contribution in [-0.2, 0) is 28.6 Å². The Morgan fingerprint density at radius 2 is 0.612 bits per heavy atom. The van der Waals surface area contributed by atoms with Gasteiger partial charge in [-0.05, 0) is 89.9 Å². The van der Waals surface area contributed by atoms with Crippen LogP contribution < -0.4 is 0 Å². The number of hydrogen-bond donors (Lipinski definition) is 0. The number of ether oxygens (including phenoxy) is 3. The second kappa shape index (κ2) is 53.6. The molecule has 0 rings (SSSR count). The zero-order valence-electron chi connectivity index (χ0n) is 42.3. The molecule has 0 amide bonds. The summed E-state index contributed by atoms with van der Waals surface area (Å²) < 4.78 is 16.7. The Balaban J connectivity index is 4.55. The number of carbonyl (C=O) groups is 3. The fourth-order valence-electron chi connectivity index (χ4n) is 6.44. The van der Waals surface area contributed by atoms with E-state index in [0.29, 0.717) is 19.3 Å². The molecule has 0 bridgehead atoms. The van der Waals surface area contributed by atoms with E-state index >= 15 is 0 Å². The van der Waals surface area contributed by atoms with Crippen molar-refractivity contribution in [3.05, 3.63) is 158 Å². The maximum atomic E-state index is 12.8. The molecule has 0 aliphatic rings. The van der Waals surface area contributed by atoms with E-state index in [2.05, 4.69) is 81.5 Å². The first-order valence-corrected chi connectivity index (χ1v) is 26.1. The smallest absolute Gasteiger partial charge is 0.306 e. The highest BCUT2D eigenvalue weighted by Gasteiger charge is 2.19. The van der Waals surface area contributed by atoms with Gasteiger partial charge in [0.2, 0.25) is 0 Å². The number of unbranched alkanes of at least 4 members (excludes halogenated alkanes) is 15.